The maximum absolute atomic E-state index is 12.8. The van der Waals surface area contributed by atoms with E-state index < -0.39 is 23.4 Å². The molecule has 1 unspecified atom stereocenters. The van der Waals surface area contributed by atoms with Crippen LogP contribution >= 0.6 is 0 Å². The zero-order valence-electron chi connectivity index (χ0n) is 13.7. The first-order chi connectivity index (χ1) is 11.0. The number of hydrogen-bond donors (Lipinski definition) is 1. The quantitative estimate of drug-likeness (QED) is 0.492. The Morgan fingerprint density at radius 2 is 1.96 bits per heavy atom. The van der Waals surface area contributed by atoms with Crippen molar-refractivity contribution < 1.29 is 19.1 Å². The van der Waals surface area contributed by atoms with Gasteiger partial charge in [-0.05, 0) is 12.5 Å². The van der Waals surface area contributed by atoms with Crippen molar-refractivity contribution in [1.82, 2.24) is 5.32 Å². The van der Waals surface area contributed by atoms with Gasteiger partial charge in [0.1, 0.15) is 0 Å². The number of anilines is 1. The number of unbranched alkanes of at least 4 members (excludes halogenated alkanes) is 1. The average molecular weight is 318 g/mol. The molecular weight excluding hydrogens is 296 g/mol. The second-order valence-electron chi connectivity index (χ2n) is 5.50. The molecular formula is C17H22N2O4. The third-order valence-electron chi connectivity index (χ3n) is 3.94. The van der Waals surface area contributed by atoms with E-state index in [1.807, 2.05) is 6.92 Å². The summed E-state index contributed by atoms with van der Waals surface area (Å²) in [5.41, 5.74) is -0.943. The van der Waals surface area contributed by atoms with Gasteiger partial charge in [0.05, 0.1) is 5.69 Å². The van der Waals surface area contributed by atoms with E-state index in [-0.39, 0.29) is 6.42 Å². The van der Waals surface area contributed by atoms with Crippen LogP contribution in [-0.2, 0) is 24.7 Å². The van der Waals surface area contributed by atoms with Crippen LogP contribution in [0.2, 0.25) is 0 Å². The first kappa shape index (κ1) is 17.0. The van der Waals surface area contributed by atoms with Crippen LogP contribution in [0.1, 0.15) is 38.7 Å². The van der Waals surface area contributed by atoms with Crippen LogP contribution in [0.3, 0.4) is 0 Å². The Morgan fingerprint density at radius 1 is 1.26 bits per heavy atom. The molecule has 2 rings (SSSR count). The number of amides is 2. The van der Waals surface area contributed by atoms with Gasteiger partial charge < -0.3 is 15.0 Å². The Hall–Kier alpha value is -2.37. The molecule has 6 nitrogen and oxygen atoms in total. The van der Waals surface area contributed by atoms with Gasteiger partial charge in [-0.2, -0.15) is 0 Å². The Kier molecular flexibility index (Phi) is 5.03. The molecule has 1 N–H and O–H groups in total. The van der Waals surface area contributed by atoms with E-state index in [4.69, 9.17) is 4.74 Å². The summed E-state index contributed by atoms with van der Waals surface area (Å²) in [7, 11) is 1.57. The molecule has 1 aliphatic heterocycles. The predicted octanol–water partition coefficient (Wildman–Crippen LogP) is 1.73. The number of fused-ring (bicyclic) bond motifs is 1. The highest BCUT2D eigenvalue weighted by atomic mass is 16.6. The average Bonchev–Trinajstić information content (AvgIpc) is 2.78. The van der Waals surface area contributed by atoms with Crippen LogP contribution in [0, 0.1) is 0 Å². The second-order valence-corrected chi connectivity index (χ2v) is 5.50. The van der Waals surface area contributed by atoms with Gasteiger partial charge in [-0.15, -0.1) is 0 Å². The van der Waals surface area contributed by atoms with Crippen molar-refractivity contribution in [2.24, 2.45) is 0 Å². The first-order valence-corrected chi connectivity index (χ1v) is 7.86. The maximum atomic E-state index is 12.8. The largest absolute Gasteiger partial charge is 0.433 e. The number of carbonyl (C=O) groups is 3. The van der Waals surface area contributed by atoms with Gasteiger partial charge in [0.2, 0.25) is 0 Å². The molecule has 0 aromatic heterocycles. The molecule has 0 fully saturated rings. The molecule has 1 aliphatic rings. The number of nitrogens with zero attached hydrogens (tertiary/aromatic N) is 1. The second kappa shape index (κ2) is 6.81. The van der Waals surface area contributed by atoms with E-state index in [0.717, 1.165) is 12.8 Å². The number of hydrogen-bond acceptors (Lipinski definition) is 4. The van der Waals surface area contributed by atoms with E-state index in [1.54, 1.807) is 38.2 Å². The van der Waals surface area contributed by atoms with Crippen molar-refractivity contribution in [3.63, 3.8) is 0 Å². The van der Waals surface area contributed by atoms with Gasteiger partial charge in [-0.1, -0.05) is 38.5 Å². The van der Waals surface area contributed by atoms with Gasteiger partial charge in [0, 0.05) is 25.6 Å². The minimum atomic E-state index is -1.92. The summed E-state index contributed by atoms with van der Waals surface area (Å²) in [6, 6.07) is 6.88. The minimum absolute atomic E-state index is 0.0865. The van der Waals surface area contributed by atoms with Crippen LogP contribution in [0.4, 0.5) is 5.69 Å². The van der Waals surface area contributed by atoms with Crippen molar-refractivity contribution in [2.75, 3.05) is 18.5 Å². The van der Waals surface area contributed by atoms with Crippen LogP contribution < -0.4 is 10.2 Å². The van der Waals surface area contributed by atoms with Gasteiger partial charge in [0.15, 0.2) is 0 Å². The zero-order valence-corrected chi connectivity index (χ0v) is 13.7. The van der Waals surface area contributed by atoms with Crippen molar-refractivity contribution >= 4 is 23.5 Å². The zero-order chi connectivity index (χ0) is 17.0. The topological polar surface area (TPSA) is 75.7 Å². The van der Waals surface area contributed by atoms with Crippen molar-refractivity contribution in [1.29, 1.82) is 0 Å². The van der Waals surface area contributed by atoms with Crippen LogP contribution in [0.5, 0.6) is 0 Å². The Labute approximate surface area is 135 Å². The molecule has 0 aliphatic carbocycles. The van der Waals surface area contributed by atoms with Gasteiger partial charge in [-0.3, -0.25) is 14.4 Å². The molecule has 0 saturated carbocycles. The number of esters is 1. The van der Waals surface area contributed by atoms with E-state index >= 15 is 0 Å². The molecule has 0 spiro atoms. The van der Waals surface area contributed by atoms with Crippen molar-refractivity contribution in [3.05, 3.63) is 29.8 Å². The predicted molar refractivity (Wildman–Crippen MR) is 85.8 cm³/mol. The van der Waals surface area contributed by atoms with Gasteiger partial charge >= 0.3 is 5.97 Å². The summed E-state index contributed by atoms with van der Waals surface area (Å²) in [6.45, 7) is 4.06. The molecule has 124 valence electrons. The molecule has 23 heavy (non-hydrogen) atoms. The minimum Gasteiger partial charge on any atom is -0.433 e. The highest BCUT2D eigenvalue weighted by Crippen LogP contribution is 2.42. The molecule has 1 aromatic rings. The fourth-order valence-electron chi connectivity index (χ4n) is 2.64. The summed E-state index contributed by atoms with van der Waals surface area (Å²) in [5, 5.41) is 2.72. The lowest BCUT2D eigenvalue weighted by Crippen LogP contribution is -2.53. The van der Waals surface area contributed by atoms with Crippen molar-refractivity contribution in [2.45, 2.75) is 38.7 Å². The smallest absolute Gasteiger partial charge is 0.307 e. The molecule has 6 heteroatoms. The van der Waals surface area contributed by atoms with Crippen LogP contribution in [0.15, 0.2) is 24.3 Å². The number of benzene rings is 1. The molecule has 0 radical (unpaired) electrons. The Bertz CT molecular complexity index is 629. The van der Waals surface area contributed by atoms with E-state index in [1.165, 1.54) is 4.90 Å². The van der Waals surface area contributed by atoms with Gasteiger partial charge in [-0.25, -0.2) is 0 Å². The monoisotopic (exact) mass is 318 g/mol. The molecule has 1 aromatic carbocycles. The normalized spacial score (nSPS) is 19.4. The third-order valence-corrected chi connectivity index (χ3v) is 3.94. The third kappa shape index (κ3) is 2.81. The fraction of sp³-hybridized carbons (Fsp3) is 0.471. The lowest BCUT2D eigenvalue weighted by atomic mass is 9.93. The fourth-order valence-corrected chi connectivity index (χ4v) is 2.64. The SMILES string of the molecule is CCCCNC(=O)C1(OC(=O)CC)C(=O)N(C)c2ccccc21. The maximum Gasteiger partial charge on any atom is 0.307 e. The number of likely N-dealkylation sites (N-methyl/N-ethyl adjacent to an activating group) is 1. The summed E-state index contributed by atoms with van der Waals surface area (Å²) >= 11 is 0. The van der Waals surface area contributed by atoms with Crippen LogP contribution in [0.25, 0.3) is 0 Å². The summed E-state index contributed by atoms with van der Waals surface area (Å²) in [5.74, 6) is -1.72. The lowest BCUT2D eigenvalue weighted by molar-refractivity contribution is -0.174. The molecule has 0 saturated heterocycles. The van der Waals surface area contributed by atoms with E-state index in [9.17, 15) is 14.4 Å². The number of nitrogens with one attached hydrogen (secondary N) is 1. The molecule has 0 bridgehead atoms. The van der Waals surface area contributed by atoms with Gasteiger partial charge in [0.25, 0.3) is 17.4 Å². The number of ether oxygens (including phenoxy) is 1. The highest BCUT2D eigenvalue weighted by Gasteiger charge is 2.58. The van der Waals surface area contributed by atoms with Crippen molar-refractivity contribution in [3.8, 4) is 0 Å². The molecule has 1 atom stereocenters. The van der Waals surface area contributed by atoms with E-state index in [2.05, 4.69) is 5.32 Å². The Balaban J connectivity index is 2.48. The van der Waals surface area contributed by atoms with Crippen LogP contribution in [-0.4, -0.2) is 31.4 Å². The molecule has 1 heterocycles. The first-order valence-electron chi connectivity index (χ1n) is 7.86. The number of para-hydroxylation sites is 1. The standard InChI is InChI=1S/C17H22N2O4/c1-4-6-11-18-15(21)17(23-14(20)5-2)12-9-7-8-10-13(12)19(3)16(17)22/h7-10H,4-6,11H2,1-3H3,(H,18,21). The number of carbonyl (C=O) groups excluding carboxylic acids is 3. The highest BCUT2D eigenvalue weighted by molar-refractivity contribution is 6.21. The molecule has 2 amide bonds. The summed E-state index contributed by atoms with van der Waals surface area (Å²) < 4.78 is 5.41. The Morgan fingerprint density at radius 3 is 2.61 bits per heavy atom. The summed E-state index contributed by atoms with van der Waals surface area (Å²) in [6.07, 6.45) is 1.78. The summed E-state index contributed by atoms with van der Waals surface area (Å²) in [4.78, 5) is 38.8. The van der Waals surface area contributed by atoms with E-state index in [0.29, 0.717) is 17.8 Å². The number of rotatable bonds is 6. The lowest BCUT2D eigenvalue weighted by Gasteiger charge is -2.26.